The van der Waals surface area contributed by atoms with Gasteiger partial charge in [0.25, 0.3) is 0 Å². The minimum absolute atomic E-state index is 0. The first-order valence-corrected chi connectivity index (χ1v) is 9.21. The molecular weight excluding hydrogens is 423 g/mol. The Hall–Kier alpha value is -0.410. The highest BCUT2D eigenvalue weighted by Gasteiger charge is 2.01. The summed E-state index contributed by atoms with van der Waals surface area (Å²) >= 11 is 1.75. The van der Waals surface area contributed by atoms with Gasteiger partial charge in [-0.3, -0.25) is 4.99 Å². The van der Waals surface area contributed by atoms with E-state index in [-0.39, 0.29) is 24.0 Å². The van der Waals surface area contributed by atoms with Crippen molar-refractivity contribution in [2.75, 3.05) is 32.8 Å². The van der Waals surface area contributed by atoms with E-state index >= 15 is 0 Å². The van der Waals surface area contributed by atoms with E-state index in [1.807, 2.05) is 6.92 Å². The molecule has 134 valence electrons. The predicted octanol–water partition coefficient (Wildman–Crippen LogP) is 3.24. The van der Waals surface area contributed by atoms with E-state index in [1.54, 1.807) is 11.3 Å². The Balaban J connectivity index is 0.00000484. The van der Waals surface area contributed by atoms with Crippen LogP contribution in [0, 0.1) is 0 Å². The molecule has 5 nitrogen and oxygen atoms in total. The zero-order valence-corrected chi connectivity index (χ0v) is 17.7. The lowest BCUT2D eigenvalue weighted by Crippen LogP contribution is -2.38. The monoisotopic (exact) mass is 454 g/mol. The molecule has 1 aromatic heterocycles. The Morgan fingerprint density at radius 2 is 2.09 bits per heavy atom. The van der Waals surface area contributed by atoms with Crippen LogP contribution in [-0.2, 0) is 17.6 Å². The van der Waals surface area contributed by atoms with Crippen LogP contribution in [0.4, 0.5) is 0 Å². The van der Waals surface area contributed by atoms with Crippen molar-refractivity contribution in [3.63, 3.8) is 0 Å². The largest absolute Gasteiger partial charge is 0.382 e. The van der Waals surface area contributed by atoms with Crippen LogP contribution >= 0.6 is 35.3 Å². The topological polar surface area (TPSA) is 58.5 Å². The molecule has 0 bridgehead atoms. The highest BCUT2D eigenvalue weighted by atomic mass is 127. The van der Waals surface area contributed by atoms with Gasteiger partial charge in [-0.25, -0.2) is 4.98 Å². The summed E-state index contributed by atoms with van der Waals surface area (Å²) in [6.07, 6.45) is 4.08. The lowest BCUT2D eigenvalue weighted by molar-refractivity contribution is 0.144. The SMILES string of the molecule is CCNC(=NCCCCOCC)NCCc1csc(CC)n1.I. The summed E-state index contributed by atoms with van der Waals surface area (Å²) in [5, 5.41) is 10.0. The Kier molecular flexibility index (Phi) is 14.9. The first kappa shape index (κ1) is 22.6. The second-order valence-electron chi connectivity index (χ2n) is 4.93. The molecule has 23 heavy (non-hydrogen) atoms. The number of rotatable bonds is 11. The number of hydrogen-bond donors (Lipinski definition) is 2. The van der Waals surface area contributed by atoms with Gasteiger partial charge in [-0.05, 0) is 33.1 Å². The lowest BCUT2D eigenvalue weighted by atomic mass is 10.3. The fourth-order valence-electron chi connectivity index (χ4n) is 1.93. The van der Waals surface area contributed by atoms with Gasteiger partial charge in [-0.15, -0.1) is 35.3 Å². The molecule has 0 radical (unpaired) electrons. The number of nitrogens with zero attached hydrogens (tertiary/aromatic N) is 2. The Bertz CT molecular complexity index is 426. The molecule has 0 spiro atoms. The summed E-state index contributed by atoms with van der Waals surface area (Å²) in [5.41, 5.74) is 1.17. The van der Waals surface area contributed by atoms with Crippen molar-refractivity contribution in [3.8, 4) is 0 Å². The van der Waals surface area contributed by atoms with Gasteiger partial charge >= 0.3 is 0 Å². The van der Waals surface area contributed by atoms with Crippen LogP contribution in [0.1, 0.15) is 44.3 Å². The van der Waals surface area contributed by atoms with Crippen LogP contribution in [-0.4, -0.2) is 43.8 Å². The van der Waals surface area contributed by atoms with Crippen LogP contribution in [0.25, 0.3) is 0 Å². The molecule has 0 unspecified atom stereocenters. The molecule has 0 saturated heterocycles. The minimum Gasteiger partial charge on any atom is -0.382 e. The number of aromatic nitrogens is 1. The molecule has 1 heterocycles. The molecule has 0 atom stereocenters. The van der Waals surface area contributed by atoms with E-state index in [2.05, 4.69) is 39.8 Å². The number of unbranched alkanes of at least 4 members (excludes halogenated alkanes) is 1. The summed E-state index contributed by atoms with van der Waals surface area (Å²) < 4.78 is 5.33. The molecule has 0 amide bonds. The van der Waals surface area contributed by atoms with Crippen molar-refractivity contribution in [2.24, 2.45) is 4.99 Å². The summed E-state index contributed by atoms with van der Waals surface area (Å²) in [6.45, 7) is 10.4. The second kappa shape index (κ2) is 15.1. The van der Waals surface area contributed by atoms with E-state index in [4.69, 9.17) is 4.74 Å². The van der Waals surface area contributed by atoms with E-state index < -0.39 is 0 Å². The second-order valence-corrected chi connectivity index (χ2v) is 5.87. The Morgan fingerprint density at radius 1 is 1.26 bits per heavy atom. The number of hydrogen-bond acceptors (Lipinski definition) is 4. The number of aryl methyl sites for hydroxylation is 1. The molecule has 1 aromatic rings. The van der Waals surface area contributed by atoms with Gasteiger partial charge in [0, 0.05) is 44.6 Å². The highest BCUT2D eigenvalue weighted by Crippen LogP contribution is 2.10. The van der Waals surface area contributed by atoms with Crippen molar-refractivity contribution < 1.29 is 4.74 Å². The quantitative estimate of drug-likeness (QED) is 0.233. The third-order valence-electron chi connectivity index (χ3n) is 3.09. The van der Waals surface area contributed by atoms with Gasteiger partial charge in [0.05, 0.1) is 10.7 Å². The number of nitrogens with one attached hydrogen (secondary N) is 2. The van der Waals surface area contributed by atoms with Crippen LogP contribution < -0.4 is 10.6 Å². The molecule has 0 saturated carbocycles. The fourth-order valence-corrected chi connectivity index (χ4v) is 2.71. The maximum absolute atomic E-state index is 5.33. The van der Waals surface area contributed by atoms with E-state index in [9.17, 15) is 0 Å². The van der Waals surface area contributed by atoms with E-state index in [1.165, 1.54) is 10.7 Å². The van der Waals surface area contributed by atoms with Gasteiger partial charge < -0.3 is 15.4 Å². The zero-order valence-electron chi connectivity index (χ0n) is 14.6. The van der Waals surface area contributed by atoms with Crippen LogP contribution in [0.2, 0.25) is 0 Å². The smallest absolute Gasteiger partial charge is 0.191 e. The van der Waals surface area contributed by atoms with Crippen molar-refractivity contribution in [3.05, 3.63) is 16.1 Å². The average Bonchev–Trinajstić information content (AvgIpc) is 2.98. The molecule has 0 aliphatic rings. The molecule has 1 rings (SSSR count). The third kappa shape index (κ3) is 10.9. The van der Waals surface area contributed by atoms with Crippen LogP contribution in [0.5, 0.6) is 0 Å². The predicted molar refractivity (Wildman–Crippen MR) is 110 cm³/mol. The van der Waals surface area contributed by atoms with Crippen molar-refractivity contribution in [1.29, 1.82) is 0 Å². The lowest BCUT2D eigenvalue weighted by Gasteiger charge is -2.10. The normalized spacial score (nSPS) is 11.2. The van der Waals surface area contributed by atoms with E-state index in [0.29, 0.717) is 0 Å². The van der Waals surface area contributed by atoms with Crippen molar-refractivity contribution in [1.82, 2.24) is 15.6 Å². The van der Waals surface area contributed by atoms with Crippen LogP contribution in [0.15, 0.2) is 10.4 Å². The van der Waals surface area contributed by atoms with Crippen molar-refractivity contribution >= 4 is 41.3 Å². The molecule has 0 aliphatic heterocycles. The van der Waals surface area contributed by atoms with E-state index in [0.717, 1.165) is 64.5 Å². The first-order valence-electron chi connectivity index (χ1n) is 8.33. The van der Waals surface area contributed by atoms with Crippen LogP contribution in [0.3, 0.4) is 0 Å². The van der Waals surface area contributed by atoms with Gasteiger partial charge in [0.15, 0.2) is 5.96 Å². The van der Waals surface area contributed by atoms with Crippen molar-refractivity contribution in [2.45, 2.75) is 46.5 Å². The highest BCUT2D eigenvalue weighted by molar-refractivity contribution is 14.0. The van der Waals surface area contributed by atoms with Gasteiger partial charge in [-0.2, -0.15) is 0 Å². The number of thiazole rings is 1. The number of aliphatic imine (C=N–C) groups is 1. The standard InChI is InChI=1S/C16H30N4OS.HI/c1-4-15-20-14(13-22-15)9-11-19-16(17-5-2)18-10-7-8-12-21-6-3;/h13H,4-12H2,1-3H3,(H2,17,18,19);1H. The summed E-state index contributed by atoms with van der Waals surface area (Å²) in [6, 6.07) is 0. The van der Waals surface area contributed by atoms with Gasteiger partial charge in [0.2, 0.25) is 0 Å². The summed E-state index contributed by atoms with van der Waals surface area (Å²) in [4.78, 5) is 9.16. The molecule has 2 N–H and O–H groups in total. The first-order chi connectivity index (χ1) is 10.8. The maximum Gasteiger partial charge on any atom is 0.191 e. The molecule has 0 aliphatic carbocycles. The average molecular weight is 454 g/mol. The summed E-state index contributed by atoms with van der Waals surface area (Å²) in [5.74, 6) is 0.893. The molecular formula is C16H31IN4OS. The molecule has 0 aromatic carbocycles. The third-order valence-corrected chi connectivity index (χ3v) is 4.13. The zero-order chi connectivity index (χ0) is 16.0. The Morgan fingerprint density at radius 3 is 2.74 bits per heavy atom. The number of halogens is 1. The van der Waals surface area contributed by atoms with Gasteiger partial charge in [0.1, 0.15) is 0 Å². The fraction of sp³-hybridized carbons (Fsp3) is 0.750. The van der Waals surface area contributed by atoms with Gasteiger partial charge in [-0.1, -0.05) is 6.92 Å². The Labute approximate surface area is 161 Å². The molecule has 7 heteroatoms. The number of ether oxygens (including phenoxy) is 1. The summed E-state index contributed by atoms with van der Waals surface area (Å²) in [7, 11) is 0. The minimum atomic E-state index is 0. The maximum atomic E-state index is 5.33. The number of guanidine groups is 1. The molecule has 0 fully saturated rings.